The number of aromatic nitrogens is 1. The molecule has 1 aromatic rings. The van der Waals surface area contributed by atoms with Crippen molar-refractivity contribution in [2.24, 2.45) is 0 Å². The van der Waals surface area contributed by atoms with Gasteiger partial charge in [0.2, 0.25) is 0 Å². The Morgan fingerprint density at radius 3 is 2.80 bits per heavy atom. The number of nitrogens with zero attached hydrogens (tertiary/aromatic N) is 3. The molecule has 5 heteroatoms. The summed E-state index contributed by atoms with van der Waals surface area (Å²) in [5, 5.41) is 8.57. The Morgan fingerprint density at radius 1 is 1.45 bits per heavy atom. The molecule has 1 aliphatic rings. The van der Waals surface area contributed by atoms with Crippen molar-refractivity contribution in [1.82, 2.24) is 9.29 Å². The number of nitrogens with one attached hydrogen (secondary N) is 1. The van der Waals surface area contributed by atoms with Gasteiger partial charge in [0.05, 0.1) is 0 Å². The van der Waals surface area contributed by atoms with E-state index < -0.39 is 0 Å². The first-order valence-electron chi connectivity index (χ1n) is 6.70. The average Bonchev–Trinajstić information content (AvgIpc) is 2.99. The second kappa shape index (κ2) is 7.14. The van der Waals surface area contributed by atoms with Gasteiger partial charge in [-0.1, -0.05) is 12.7 Å². The number of hydrogen-bond donors (Lipinski definition) is 1. The summed E-state index contributed by atoms with van der Waals surface area (Å²) in [7, 11) is 1.91. The van der Waals surface area contributed by atoms with Crippen molar-refractivity contribution in [1.29, 1.82) is 5.41 Å². The zero-order valence-electron chi connectivity index (χ0n) is 11.7. The van der Waals surface area contributed by atoms with Crippen molar-refractivity contribution >= 4 is 22.8 Å². The van der Waals surface area contributed by atoms with Crippen LogP contribution in [0.4, 0.5) is 5.82 Å². The van der Waals surface area contributed by atoms with Crippen LogP contribution in [0.1, 0.15) is 18.4 Å². The molecule has 0 amide bonds. The van der Waals surface area contributed by atoms with Crippen LogP contribution in [0, 0.1) is 5.41 Å². The van der Waals surface area contributed by atoms with Gasteiger partial charge in [0, 0.05) is 50.0 Å². The van der Waals surface area contributed by atoms with Crippen LogP contribution in [0.15, 0.2) is 43.3 Å². The maximum absolute atomic E-state index is 8.08. The van der Waals surface area contributed by atoms with Crippen molar-refractivity contribution in [3.8, 4) is 0 Å². The van der Waals surface area contributed by atoms with E-state index in [1.807, 2.05) is 35.8 Å². The SMILES string of the molecule is C=C/C=C\N(C)SC(=N)c1ccc(N2CCCC2)nc1. The van der Waals surface area contributed by atoms with Crippen molar-refractivity contribution in [3.05, 3.63) is 48.8 Å². The highest BCUT2D eigenvalue weighted by molar-refractivity contribution is 8.12. The van der Waals surface area contributed by atoms with Gasteiger partial charge in [-0.25, -0.2) is 4.98 Å². The van der Waals surface area contributed by atoms with Crippen molar-refractivity contribution in [3.63, 3.8) is 0 Å². The molecule has 1 N–H and O–H groups in total. The molecule has 2 rings (SSSR count). The van der Waals surface area contributed by atoms with Crippen LogP contribution < -0.4 is 4.90 Å². The zero-order valence-corrected chi connectivity index (χ0v) is 12.6. The highest BCUT2D eigenvalue weighted by atomic mass is 32.2. The molecular formula is C15H20N4S. The lowest BCUT2D eigenvalue weighted by molar-refractivity contribution is 0.782. The largest absolute Gasteiger partial charge is 0.357 e. The minimum absolute atomic E-state index is 0.488. The normalized spacial score (nSPS) is 14.8. The topological polar surface area (TPSA) is 43.2 Å². The molecule has 2 heterocycles. The van der Waals surface area contributed by atoms with Gasteiger partial charge >= 0.3 is 0 Å². The lowest BCUT2D eigenvalue weighted by Crippen LogP contribution is -2.19. The van der Waals surface area contributed by atoms with Crippen LogP contribution in [0.3, 0.4) is 0 Å². The Hall–Kier alpha value is -1.75. The number of hydrogen-bond acceptors (Lipinski definition) is 5. The molecule has 4 nitrogen and oxygen atoms in total. The molecule has 1 aromatic heterocycles. The highest BCUT2D eigenvalue weighted by Crippen LogP contribution is 2.20. The van der Waals surface area contributed by atoms with Gasteiger partial charge in [-0.15, -0.1) is 0 Å². The minimum atomic E-state index is 0.488. The molecule has 106 valence electrons. The lowest BCUT2D eigenvalue weighted by atomic mass is 10.3. The summed E-state index contributed by atoms with van der Waals surface area (Å²) in [5.41, 5.74) is 0.844. The van der Waals surface area contributed by atoms with Gasteiger partial charge in [0.1, 0.15) is 10.9 Å². The summed E-state index contributed by atoms with van der Waals surface area (Å²) in [5.74, 6) is 1.02. The lowest BCUT2D eigenvalue weighted by Gasteiger charge is -2.17. The van der Waals surface area contributed by atoms with Crippen LogP contribution in [0.25, 0.3) is 0 Å². The Balaban J connectivity index is 1.96. The molecule has 0 radical (unpaired) electrons. The first kappa shape index (κ1) is 14.7. The van der Waals surface area contributed by atoms with E-state index in [1.54, 1.807) is 12.3 Å². The fraction of sp³-hybridized carbons (Fsp3) is 0.333. The van der Waals surface area contributed by atoms with E-state index in [0.717, 1.165) is 24.5 Å². The molecule has 1 aliphatic heterocycles. The highest BCUT2D eigenvalue weighted by Gasteiger charge is 2.13. The Labute approximate surface area is 124 Å². The molecule has 0 spiro atoms. The minimum Gasteiger partial charge on any atom is -0.357 e. The summed E-state index contributed by atoms with van der Waals surface area (Å²) in [6.45, 7) is 5.81. The van der Waals surface area contributed by atoms with Gasteiger partial charge in [0.25, 0.3) is 0 Å². The number of anilines is 1. The summed E-state index contributed by atoms with van der Waals surface area (Å²) in [6, 6.07) is 3.98. The molecule has 0 unspecified atom stereocenters. The second-order valence-electron chi connectivity index (χ2n) is 4.64. The fourth-order valence-corrected chi connectivity index (χ4v) is 2.71. The molecule has 1 saturated heterocycles. The summed E-state index contributed by atoms with van der Waals surface area (Å²) < 4.78 is 1.87. The van der Waals surface area contributed by atoms with Crippen molar-refractivity contribution in [2.75, 3.05) is 25.0 Å². The molecule has 0 bridgehead atoms. The van der Waals surface area contributed by atoms with Crippen LogP contribution in [-0.2, 0) is 0 Å². The van der Waals surface area contributed by atoms with Crippen LogP contribution in [0.2, 0.25) is 0 Å². The predicted molar refractivity (Wildman–Crippen MR) is 87.2 cm³/mol. The van der Waals surface area contributed by atoms with Gasteiger partial charge < -0.3 is 9.21 Å². The van der Waals surface area contributed by atoms with E-state index >= 15 is 0 Å². The summed E-state index contributed by atoms with van der Waals surface area (Å²) >= 11 is 1.36. The first-order chi connectivity index (χ1) is 9.70. The molecule has 1 fully saturated rings. The predicted octanol–water partition coefficient (Wildman–Crippen LogP) is 3.29. The smallest absolute Gasteiger partial charge is 0.128 e. The van der Waals surface area contributed by atoms with Gasteiger partial charge in [0.15, 0.2) is 0 Å². The third-order valence-electron chi connectivity index (χ3n) is 3.11. The van der Waals surface area contributed by atoms with Gasteiger partial charge in [-0.05, 0) is 31.1 Å². The van der Waals surface area contributed by atoms with E-state index in [1.165, 1.54) is 24.8 Å². The third-order valence-corrected chi connectivity index (χ3v) is 3.94. The van der Waals surface area contributed by atoms with E-state index in [4.69, 9.17) is 5.41 Å². The van der Waals surface area contributed by atoms with Crippen LogP contribution in [-0.4, -0.2) is 34.5 Å². The monoisotopic (exact) mass is 288 g/mol. The molecular weight excluding hydrogens is 268 g/mol. The number of allylic oxidation sites excluding steroid dienone is 2. The standard InChI is InChI=1S/C15H20N4S/c1-3-4-9-18(2)20-15(16)13-7-8-14(17-12-13)19-10-5-6-11-19/h3-4,7-9,12,16H,1,5-6,10-11H2,2H3/b9-4-,16-15?. The number of pyridine rings is 1. The summed E-state index contributed by atoms with van der Waals surface area (Å²) in [4.78, 5) is 6.76. The van der Waals surface area contributed by atoms with Gasteiger partial charge in [-0.3, -0.25) is 5.41 Å². The summed E-state index contributed by atoms with van der Waals surface area (Å²) in [6.07, 6.45) is 9.71. The zero-order chi connectivity index (χ0) is 14.4. The number of rotatable bonds is 5. The maximum atomic E-state index is 8.08. The van der Waals surface area contributed by atoms with E-state index in [-0.39, 0.29) is 0 Å². The molecule has 0 aliphatic carbocycles. The van der Waals surface area contributed by atoms with Crippen LogP contribution >= 0.6 is 11.9 Å². The molecule has 0 atom stereocenters. The third kappa shape index (κ3) is 3.87. The quantitative estimate of drug-likeness (QED) is 0.391. The maximum Gasteiger partial charge on any atom is 0.128 e. The molecule has 0 aromatic carbocycles. The second-order valence-corrected chi connectivity index (χ2v) is 5.81. The van der Waals surface area contributed by atoms with E-state index in [2.05, 4.69) is 16.5 Å². The first-order valence-corrected chi connectivity index (χ1v) is 7.48. The van der Waals surface area contributed by atoms with E-state index in [9.17, 15) is 0 Å². The average molecular weight is 288 g/mol. The van der Waals surface area contributed by atoms with E-state index in [0.29, 0.717) is 5.04 Å². The Kier molecular flexibility index (Phi) is 5.24. The molecule has 20 heavy (non-hydrogen) atoms. The Morgan fingerprint density at radius 2 is 2.20 bits per heavy atom. The Bertz CT molecular complexity index is 489. The molecule has 0 saturated carbocycles. The van der Waals surface area contributed by atoms with Crippen molar-refractivity contribution < 1.29 is 0 Å². The fourth-order valence-electron chi connectivity index (χ4n) is 2.06. The van der Waals surface area contributed by atoms with Crippen molar-refractivity contribution in [2.45, 2.75) is 12.8 Å². The van der Waals surface area contributed by atoms with Gasteiger partial charge in [-0.2, -0.15) is 0 Å². The van der Waals surface area contributed by atoms with Crippen LogP contribution in [0.5, 0.6) is 0 Å².